The number of benzene rings is 1. The van der Waals surface area contributed by atoms with Crippen molar-refractivity contribution in [3.8, 4) is 11.3 Å². The van der Waals surface area contributed by atoms with E-state index in [9.17, 15) is 0 Å². The molecule has 0 fully saturated rings. The van der Waals surface area contributed by atoms with Gasteiger partial charge in [0.1, 0.15) is 0 Å². The quantitative estimate of drug-likeness (QED) is 0.795. The lowest BCUT2D eigenvalue weighted by atomic mass is 10.1. The summed E-state index contributed by atoms with van der Waals surface area (Å²) in [6, 6.07) is 10.1. The molecule has 0 aliphatic heterocycles. The first-order valence-corrected chi connectivity index (χ1v) is 6.02. The number of rotatable bonds is 6. The Morgan fingerprint density at radius 1 is 1.33 bits per heavy atom. The summed E-state index contributed by atoms with van der Waals surface area (Å²) in [5.74, 6) is 0.816. The molecule has 0 radical (unpaired) electrons. The van der Waals surface area contributed by atoms with Gasteiger partial charge in [-0.1, -0.05) is 29.4 Å². The minimum Gasteiger partial charge on any atom is -0.383 e. The lowest BCUT2D eigenvalue weighted by Crippen LogP contribution is -2.18. The highest BCUT2D eigenvalue weighted by atomic mass is 16.5. The van der Waals surface area contributed by atoms with Crippen molar-refractivity contribution < 1.29 is 9.26 Å². The molecule has 2 aromatic rings. The van der Waals surface area contributed by atoms with Gasteiger partial charge in [0.15, 0.2) is 5.76 Å². The van der Waals surface area contributed by atoms with Gasteiger partial charge in [-0.05, 0) is 12.5 Å². The number of hydrogen-bond donors (Lipinski definition) is 1. The second kappa shape index (κ2) is 6.33. The van der Waals surface area contributed by atoms with Crippen LogP contribution in [-0.4, -0.2) is 25.4 Å². The van der Waals surface area contributed by atoms with Crippen LogP contribution < -0.4 is 5.32 Å². The Labute approximate surface area is 107 Å². The van der Waals surface area contributed by atoms with Crippen molar-refractivity contribution in [2.24, 2.45) is 0 Å². The predicted octanol–water partition coefficient (Wildman–Crippen LogP) is 2.39. The number of hydrogen-bond acceptors (Lipinski definition) is 4. The third-order valence-electron chi connectivity index (χ3n) is 2.76. The van der Waals surface area contributed by atoms with Gasteiger partial charge in [0.05, 0.1) is 12.3 Å². The molecule has 18 heavy (non-hydrogen) atoms. The van der Waals surface area contributed by atoms with Gasteiger partial charge < -0.3 is 14.6 Å². The van der Waals surface area contributed by atoms with Crippen LogP contribution in [0.2, 0.25) is 0 Å². The van der Waals surface area contributed by atoms with Crippen molar-refractivity contribution >= 4 is 0 Å². The summed E-state index contributed by atoms with van der Waals surface area (Å²) in [5.41, 5.74) is 3.19. The topological polar surface area (TPSA) is 47.3 Å². The van der Waals surface area contributed by atoms with Crippen LogP contribution in [0, 0.1) is 6.92 Å². The summed E-state index contributed by atoms with van der Waals surface area (Å²) in [5, 5.41) is 7.29. The number of ether oxygens (including phenoxy) is 1. The van der Waals surface area contributed by atoms with Gasteiger partial charge in [-0.15, -0.1) is 0 Å². The maximum Gasteiger partial charge on any atom is 0.167 e. The molecule has 0 saturated carbocycles. The standard InChI is InChI=1S/C14H18N2O2/c1-11-5-3-4-6-13(11)14-9-12(16-18-14)10-15-7-8-17-2/h3-6,9,15H,7-8,10H2,1-2H3. The number of methoxy groups -OCH3 is 1. The maximum absolute atomic E-state index is 5.37. The summed E-state index contributed by atoms with van der Waals surface area (Å²) in [6.07, 6.45) is 0. The molecule has 0 aliphatic carbocycles. The van der Waals surface area contributed by atoms with Crippen molar-refractivity contribution in [2.75, 3.05) is 20.3 Å². The molecular weight excluding hydrogens is 228 g/mol. The highest BCUT2D eigenvalue weighted by molar-refractivity contribution is 5.61. The van der Waals surface area contributed by atoms with Crippen molar-refractivity contribution in [3.05, 3.63) is 41.6 Å². The Hall–Kier alpha value is -1.65. The fourth-order valence-electron chi connectivity index (χ4n) is 1.76. The molecule has 0 unspecified atom stereocenters. The van der Waals surface area contributed by atoms with Crippen LogP contribution in [0.4, 0.5) is 0 Å². The van der Waals surface area contributed by atoms with E-state index >= 15 is 0 Å². The van der Waals surface area contributed by atoms with Gasteiger partial charge >= 0.3 is 0 Å². The zero-order chi connectivity index (χ0) is 12.8. The number of nitrogens with zero attached hydrogens (tertiary/aromatic N) is 1. The molecule has 0 aliphatic rings. The van der Waals surface area contributed by atoms with Crippen LogP contribution in [0.3, 0.4) is 0 Å². The Bertz CT molecular complexity index is 494. The Morgan fingerprint density at radius 3 is 2.94 bits per heavy atom. The van der Waals surface area contributed by atoms with Crippen LogP contribution in [0.15, 0.2) is 34.9 Å². The largest absolute Gasteiger partial charge is 0.383 e. The van der Waals surface area contributed by atoms with Crippen LogP contribution in [0.5, 0.6) is 0 Å². The fourth-order valence-corrected chi connectivity index (χ4v) is 1.76. The molecule has 4 heteroatoms. The molecule has 0 spiro atoms. The first kappa shape index (κ1) is 12.8. The van der Waals surface area contributed by atoms with E-state index in [0.29, 0.717) is 13.2 Å². The number of aryl methyl sites for hydroxylation is 1. The highest BCUT2D eigenvalue weighted by Crippen LogP contribution is 2.23. The van der Waals surface area contributed by atoms with E-state index < -0.39 is 0 Å². The van der Waals surface area contributed by atoms with Crippen LogP contribution in [0.1, 0.15) is 11.3 Å². The molecule has 96 valence electrons. The molecule has 0 bridgehead atoms. The third-order valence-corrected chi connectivity index (χ3v) is 2.76. The van der Waals surface area contributed by atoms with E-state index in [-0.39, 0.29) is 0 Å². The Morgan fingerprint density at radius 2 is 2.17 bits per heavy atom. The minimum atomic E-state index is 0.693. The Balaban J connectivity index is 2.00. The highest BCUT2D eigenvalue weighted by Gasteiger charge is 2.08. The van der Waals surface area contributed by atoms with Crippen molar-refractivity contribution in [2.45, 2.75) is 13.5 Å². The molecule has 4 nitrogen and oxygen atoms in total. The second-order valence-electron chi connectivity index (χ2n) is 4.17. The molecule has 2 rings (SSSR count). The van der Waals surface area contributed by atoms with E-state index in [4.69, 9.17) is 9.26 Å². The molecule has 1 aromatic carbocycles. The average Bonchev–Trinajstić information content (AvgIpc) is 2.84. The molecule has 0 saturated heterocycles. The van der Waals surface area contributed by atoms with Gasteiger partial charge in [0.25, 0.3) is 0 Å². The van der Waals surface area contributed by atoms with Crippen molar-refractivity contribution in [1.82, 2.24) is 10.5 Å². The van der Waals surface area contributed by atoms with Gasteiger partial charge in [-0.25, -0.2) is 0 Å². The minimum absolute atomic E-state index is 0.693. The molecular formula is C14H18N2O2. The molecule has 0 amide bonds. The van der Waals surface area contributed by atoms with Gasteiger partial charge in [-0.2, -0.15) is 0 Å². The lowest BCUT2D eigenvalue weighted by Gasteiger charge is -2.00. The van der Waals surface area contributed by atoms with Crippen LogP contribution in [-0.2, 0) is 11.3 Å². The van der Waals surface area contributed by atoms with E-state index in [0.717, 1.165) is 23.6 Å². The van der Waals surface area contributed by atoms with E-state index in [1.165, 1.54) is 5.56 Å². The van der Waals surface area contributed by atoms with Gasteiger partial charge in [0, 0.05) is 31.8 Å². The zero-order valence-corrected chi connectivity index (χ0v) is 10.8. The lowest BCUT2D eigenvalue weighted by molar-refractivity contribution is 0.199. The monoisotopic (exact) mass is 246 g/mol. The number of aromatic nitrogens is 1. The molecule has 1 aromatic heterocycles. The first-order valence-electron chi connectivity index (χ1n) is 6.02. The second-order valence-corrected chi connectivity index (χ2v) is 4.17. The number of nitrogens with one attached hydrogen (secondary N) is 1. The molecule has 1 heterocycles. The van der Waals surface area contributed by atoms with E-state index in [1.54, 1.807) is 7.11 Å². The Kier molecular flexibility index (Phi) is 4.50. The van der Waals surface area contributed by atoms with Crippen molar-refractivity contribution in [3.63, 3.8) is 0 Å². The van der Waals surface area contributed by atoms with Crippen LogP contribution >= 0.6 is 0 Å². The summed E-state index contributed by atoms with van der Waals surface area (Å²) < 4.78 is 10.3. The fraction of sp³-hybridized carbons (Fsp3) is 0.357. The maximum atomic E-state index is 5.37. The predicted molar refractivity (Wildman–Crippen MR) is 70.3 cm³/mol. The van der Waals surface area contributed by atoms with Crippen LogP contribution in [0.25, 0.3) is 11.3 Å². The summed E-state index contributed by atoms with van der Waals surface area (Å²) in [4.78, 5) is 0. The van der Waals surface area contributed by atoms with Gasteiger partial charge in [-0.3, -0.25) is 0 Å². The SMILES string of the molecule is COCCNCc1cc(-c2ccccc2C)on1. The average molecular weight is 246 g/mol. The zero-order valence-electron chi connectivity index (χ0n) is 10.8. The van der Waals surface area contributed by atoms with E-state index in [1.807, 2.05) is 24.3 Å². The summed E-state index contributed by atoms with van der Waals surface area (Å²) >= 11 is 0. The third kappa shape index (κ3) is 3.18. The summed E-state index contributed by atoms with van der Waals surface area (Å²) in [7, 11) is 1.69. The first-order chi connectivity index (χ1) is 8.81. The molecule has 0 atom stereocenters. The summed E-state index contributed by atoms with van der Waals surface area (Å²) in [6.45, 7) is 4.26. The smallest absolute Gasteiger partial charge is 0.167 e. The van der Waals surface area contributed by atoms with Crippen molar-refractivity contribution in [1.29, 1.82) is 0 Å². The normalized spacial score (nSPS) is 10.8. The molecule has 1 N–H and O–H groups in total. The van der Waals surface area contributed by atoms with E-state index in [2.05, 4.69) is 23.5 Å². The van der Waals surface area contributed by atoms with Gasteiger partial charge in [0.2, 0.25) is 0 Å².